The maximum absolute atomic E-state index is 13.6. The van der Waals surface area contributed by atoms with Crippen molar-refractivity contribution in [2.45, 2.75) is 0 Å². The van der Waals surface area contributed by atoms with Crippen LogP contribution in [0.25, 0.3) is 16.3 Å². The first-order chi connectivity index (χ1) is 10.7. The van der Waals surface area contributed by atoms with Crippen molar-refractivity contribution < 1.29 is 13.9 Å². The molecule has 0 saturated carbocycles. The average Bonchev–Trinajstić information content (AvgIpc) is 2.53. The zero-order valence-electron chi connectivity index (χ0n) is 12.0. The molecule has 3 aromatic carbocycles. The molecule has 4 rings (SSSR count). The van der Waals surface area contributed by atoms with Crippen molar-refractivity contribution in [2.24, 2.45) is 0 Å². The van der Waals surface area contributed by atoms with Crippen molar-refractivity contribution in [1.29, 1.82) is 0 Å². The topological polar surface area (TPSA) is 18.5 Å². The Hall–Kier alpha value is -2.81. The summed E-state index contributed by atoms with van der Waals surface area (Å²) in [5, 5.41) is 1.77. The third kappa shape index (κ3) is 1.79. The number of methoxy groups -OCH3 is 1. The zero-order valence-corrected chi connectivity index (χ0v) is 12.0. The van der Waals surface area contributed by atoms with Gasteiger partial charge in [0.2, 0.25) is 0 Å². The molecule has 1 aliphatic rings. The molecule has 0 fully saturated rings. The number of halogens is 1. The van der Waals surface area contributed by atoms with E-state index in [0.29, 0.717) is 11.5 Å². The lowest BCUT2D eigenvalue weighted by Crippen LogP contribution is -2.03. The summed E-state index contributed by atoms with van der Waals surface area (Å²) in [6.45, 7) is 4.19. The summed E-state index contributed by atoms with van der Waals surface area (Å²) < 4.78 is 24.8. The summed E-state index contributed by atoms with van der Waals surface area (Å²) in [6, 6.07) is 14.2. The van der Waals surface area contributed by atoms with Gasteiger partial charge >= 0.3 is 0 Å². The summed E-state index contributed by atoms with van der Waals surface area (Å²) in [5.41, 5.74) is 2.56. The lowest BCUT2D eigenvalue weighted by molar-refractivity contribution is 0.408. The normalized spacial score (nSPS) is 12.5. The van der Waals surface area contributed by atoms with Gasteiger partial charge in [-0.05, 0) is 46.7 Å². The summed E-state index contributed by atoms with van der Waals surface area (Å²) >= 11 is 0. The molecule has 0 bridgehead atoms. The smallest absolute Gasteiger partial charge is 0.138 e. The molecular weight excluding hydrogens is 279 g/mol. The van der Waals surface area contributed by atoms with Crippen LogP contribution in [0.4, 0.5) is 4.39 Å². The van der Waals surface area contributed by atoms with Crippen LogP contribution in [0.1, 0.15) is 11.1 Å². The minimum atomic E-state index is -0.269. The quantitative estimate of drug-likeness (QED) is 0.483. The highest BCUT2D eigenvalue weighted by Gasteiger charge is 2.23. The van der Waals surface area contributed by atoms with Crippen LogP contribution in [-0.2, 0) is 0 Å². The van der Waals surface area contributed by atoms with Crippen LogP contribution in [0.3, 0.4) is 0 Å². The molecule has 1 aliphatic heterocycles. The molecule has 3 aromatic rings. The minimum Gasteiger partial charge on any atom is -0.497 e. The molecule has 0 radical (unpaired) electrons. The predicted molar refractivity (Wildman–Crippen MR) is 85.1 cm³/mol. The van der Waals surface area contributed by atoms with E-state index in [2.05, 4.69) is 6.58 Å². The van der Waals surface area contributed by atoms with Crippen LogP contribution >= 0.6 is 0 Å². The molecule has 1 heterocycles. The maximum Gasteiger partial charge on any atom is 0.138 e. The predicted octanol–water partition coefficient (Wildman–Crippen LogP) is 5.15. The van der Waals surface area contributed by atoms with Gasteiger partial charge in [-0.15, -0.1) is 0 Å². The van der Waals surface area contributed by atoms with E-state index in [0.717, 1.165) is 33.2 Å². The number of fused-ring (bicyclic) bond motifs is 4. The van der Waals surface area contributed by atoms with Crippen molar-refractivity contribution in [3.63, 3.8) is 0 Å². The summed E-state index contributed by atoms with van der Waals surface area (Å²) in [7, 11) is 1.61. The van der Waals surface area contributed by atoms with E-state index >= 15 is 0 Å². The van der Waals surface area contributed by atoms with Gasteiger partial charge in [0.15, 0.2) is 0 Å². The van der Waals surface area contributed by atoms with E-state index in [4.69, 9.17) is 9.47 Å². The highest BCUT2D eigenvalue weighted by Crippen LogP contribution is 2.46. The second-order valence-corrected chi connectivity index (χ2v) is 5.25. The molecule has 22 heavy (non-hydrogen) atoms. The number of hydrogen-bond donors (Lipinski definition) is 0. The van der Waals surface area contributed by atoms with Crippen molar-refractivity contribution in [3.05, 3.63) is 72.1 Å². The number of rotatable bonds is 1. The Morgan fingerprint density at radius 3 is 2.64 bits per heavy atom. The average molecular weight is 292 g/mol. The Morgan fingerprint density at radius 2 is 1.82 bits per heavy atom. The van der Waals surface area contributed by atoms with Gasteiger partial charge in [0, 0.05) is 17.2 Å². The molecule has 0 unspecified atom stereocenters. The standard InChI is InChI=1S/C19H13FO2/c1-11-15-7-6-14(21-2)10-18(15)22-17-8-4-12-3-5-13(20)9-16(12)19(11)17/h3-10H,1H2,2H3. The highest BCUT2D eigenvalue weighted by molar-refractivity contribution is 6.01. The number of benzene rings is 3. The van der Waals surface area contributed by atoms with Crippen LogP contribution in [0.5, 0.6) is 17.2 Å². The first-order valence-electron chi connectivity index (χ1n) is 6.95. The zero-order chi connectivity index (χ0) is 15.3. The molecule has 108 valence electrons. The molecule has 0 saturated heterocycles. The van der Waals surface area contributed by atoms with Gasteiger partial charge in [-0.3, -0.25) is 0 Å². The van der Waals surface area contributed by atoms with E-state index in [1.807, 2.05) is 30.3 Å². The minimum absolute atomic E-state index is 0.269. The van der Waals surface area contributed by atoms with Gasteiger partial charge < -0.3 is 9.47 Å². The van der Waals surface area contributed by atoms with E-state index in [-0.39, 0.29) is 5.82 Å². The van der Waals surface area contributed by atoms with Crippen molar-refractivity contribution >= 4 is 16.3 Å². The Labute approximate surface area is 127 Å². The van der Waals surface area contributed by atoms with Gasteiger partial charge in [0.1, 0.15) is 23.1 Å². The second-order valence-electron chi connectivity index (χ2n) is 5.25. The molecule has 0 amide bonds. The fourth-order valence-corrected chi connectivity index (χ4v) is 2.88. The van der Waals surface area contributed by atoms with Crippen LogP contribution < -0.4 is 9.47 Å². The molecular formula is C19H13FO2. The molecule has 0 atom stereocenters. The molecule has 0 spiro atoms. The van der Waals surface area contributed by atoms with Gasteiger partial charge in [-0.25, -0.2) is 4.39 Å². The molecule has 0 N–H and O–H groups in total. The fraction of sp³-hybridized carbons (Fsp3) is 0.0526. The first-order valence-corrected chi connectivity index (χ1v) is 6.95. The van der Waals surface area contributed by atoms with E-state index in [1.165, 1.54) is 12.1 Å². The molecule has 0 aromatic heterocycles. The SMILES string of the molecule is C=C1c2ccc(OC)cc2Oc2ccc3ccc(F)cc3c21. The Kier molecular flexibility index (Phi) is 2.70. The van der Waals surface area contributed by atoms with Gasteiger partial charge in [0.05, 0.1) is 7.11 Å². The summed E-state index contributed by atoms with van der Waals surface area (Å²) in [6.07, 6.45) is 0. The van der Waals surface area contributed by atoms with Gasteiger partial charge in [-0.2, -0.15) is 0 Å². The van der Waals surface area contributed by atoms with Gasteiger partial charge in [0.25, 0.3) is 0 Å². The fourth-order valence-electron chi connectivity index (χ4n) is 2.88. The highest BCUT2D eigenvalue weighted by atomic mass is 19.1. The van der Waals surface area contributed by atoms with Crippen LogP contribution in [0, 0.1) is 5.82 Å². The van der Waals surface area contributed by atoms with Crippen LogP contribution in [0.15, 0.2) is 55.1 Å². The first kappa shape index (κ1) is 12.9. The molecule has 0 aliphatic carbocycles. The van der Waals surface area contributed by atoms with Crippen molar-refractivity contribution in [2.75, 3.05) is 7.11 Å². The lowest BCUT2D eigenvalue weighted by atomic mass is 9.91. The van der Waals surface area contributed by atoms with Crippen LogP contribution in [0.2, 0.25) is 0 Å². The molecule has 2 nitrogen and oxygen atoms in total. The Bertz CT molecular complexity index is 928. The lowest BCUT2D eigenvalue weighted by Gasteiger charge is -2.24. The second kappa shape index (κ2) is 4.60. The number of ether oxygens (including phenoxy) is 2. The third-order valence-electron chi connectivity index (χ3n) is 3.98. The monoisotopic (exact) mass is 292 g/mol. The van der Waals surface area contributed by atoms with Crippen molar-refractivity contribution in [1.82, 2.24) is 0 Å². The Morgan fingerprint density at radius 1 is 1.00 bits per heavy atom. The largest absolute Gasteiger partial charge is 0.497 e. The third-order valence-corrected chi connectivity index (χ3v) is 3.98. The van der Waals surface area contributed by atoms with Crippen LogP contribution in [-0.4, -0.2) is 7.11 Å². The van der Waals surface area contributed by atoms with E-state index in [9.17, 15) is 4.39 Å². The van der Waals surface area contributed by atoms with E-state index in [1.54, 1.807) is 13.2 Å². The molecule has 3 heteroatoms. The summed E-state index contributed by atoms with van der Waals surface area (Å²) in [4.78, 5) is 0. The maximum atomic E-state index is 13.6. The number of hydrogen-bond acceptors (Lipinski definition) is 2. The van der Waals surface area contributed by atoms with Gasteiger partial charge in [-0.1, -0.05) is 18.7 Å². The van der Waals surface area contributed by atoms with Crippen molar-refractivity contribution in [3.8, 4) is 17.2 Å². The summed E-state index contributed by atoms with van der Waals surface area (Å²) in [5.74, 6) is 1.84. The van der Waals surface area contributed by atoms with E-state index < -0.39 is 0 Å². The Balaban J connectivity index is 1.98.